The smallest absolute Gasteiger partial charge is 0.252 e. The molecule has 6 nitrogen and oxygen atoms in total. The lowest BCUT2D eigenvalue weighted by atomic mass is 9.84. The van der Waals surface area contributed by atoms with Gasteiger partial charge in [-0.15, -0.1) is 0 Å². The summed E-state index contributed by atoms with van der Waals surface area (Å²) >= 11 is 0. The minimum absolute atomic E-state index is 0.127. The molecular weight excluding hydrogens is 364 g/mol. The normalized spacial score (nSPS) is 17.0. The van der Waals surface area contributed by atoms with Gasteiger partial charge < -0.3 is 21.4 Å². The Balaban J connectivity index is 1.58. The molecule has 1 fully saturated rings. The van der Waals surface area contributed by atoms with Crippen molar-refractivity contribution in [1.29, 1.82) is 0 Å². The molecule has 1 aromatic heterocycles. The molecule has 4 rings (SSSR count). The van der Waals surface area contributed by atoms with E-state index >= 15 is 0 Å². The molecule has 0 spiro atoms. The van der Waals surface area contributed by atoms with Crippen LogP contribution in [0.25, 0.3) is 10.9 Å². The molecule has 150 valence electrons. The van der Waals surface area contributed by atoms with E-state index in [1.807, 2.05) is 48.7 Å². The van der Waals surface area contributed by atoms with Crippen LogP contribution in [0.1, 0.15) is 34.8 Å². The SMILES string of the molecule is NC(C(=O)[C@H](NC(=O)c1ccc2cc[nH]c2c1)c1ccccc1)C1CCNCC1. The number of rotatable bonds is 6. The van der Waals surface area contributed by atoms with Crippen LogP contribution in [0, 0.1) is 5.92 Å². The number of nitrogens with two attached hydrogens (primary N) is 1. The number of benzene rings is 2. The van der Waals surface area contributed by atoms with E-state index in [9.17, 15) is 9.59 Å². The summed E-state index contributed by atoms with van der Waals surface area (Å²) in [5.41, 5.74) is 8.50. The number of amides is 1. The zero-order valence-electron chi connectivity index (χ0n) is 16.2. The van der Waals surface area contributed by atoms with Crippen molar-refractivity contribution in [3.05, 3.63) is 71.9 Å². The summed E-state index contributed by atoms with van der Waals surface area (Å²) in [5.74, 6) is -0.305. The maximum Gasteiger partial charge on any atom is 0.252 e. The molecule has 6 heteroatoms. The molecule has 1 aliphatic heterocycles. The number of hydrogen-bond acceptors (Lipinski definition) is 4. The number of nitrogens with one attached hydrogen (secondary N) is 3. The number of fused-ring (bicyclic) bond motifs is 1. The lowest BCUT2D eigenvalue weighted by Crippen LogP contribution is -2.48. The minimum Gasteiger partial charge on any atom is -0.361 e. The average Bonchev–Trinajstić information content (AvgIpc) is 3.25. The third-order valence-electron chi connectivity index (χ3n) is 5.73. The second-order valence-corrected chi connectivity index (χ2v) is 7.61. The molecule has 1 saturated heterocycles. The van der Waals surface area contributed by atoms with Gasteiger partial charge in [-0.3, -0.25) is 9.59 Å². The van der Waals surface area contributed by atoms with Crippen molar-refractivity contribution in [2.24, 2.45) is 11.7 Å². The Labute approximate surface area is 169 Å². The van der Waals surface area contributed by atoms with Crippen LogP contribution in [0.4, 0.5) is 0 Å². The number of ketones is 1. The number of aromatic nitrogens is 1. The van der Waals surface area contributed by atoms with Crippen LogP contribution < -0.4 is 16.4 Å². The molecule has 1 aliphatic rings. The number of H-pyrrole nitrogens is 1. The van der Waals surface area contributed by atoms with Crippen molar-refractivity contribution in [2.75, 3.05) is 13.1 Å². The van der Waals surface area contributed by atoms with Crippen molar-refractivity contribution >= 4 is 22.6 Å². The molecule has 1 amide bonds. The van der Waals surface area contributed by atoms with E-state index < -0.39 is 12.1 Å². The number of Topliss-reactive ketones (excluding diaryl/α,β-unsaturated/α-hetero) is 1. The summed E-state index contributed by atoms with van der Waals surface area (Å²) in [7, 11) is 0. The van der Waals surface area contributed by atoms with E-state index in [1.54, 1.807) is 12.1 Å². The van der Waals surface area contributed by atoms with E-state index in [0.717, 1.165) is 42.4 Å². The predicted molar refractivity (Wildman–Crippen MR) is 114 cm³/mol. The van der Waals surface area contributed by atoms with Gasteiger partial charge in [-0.25, -0.2) is 0 Å². The zero-order chi connectivity index (χ0) is 20.2. The van der Waals surface area contributed by atoms with Gasteiger partial charge in [0.1, 0.15) is 6.04 Å². The van der Waals surface area contributed by atoms with Gasteiger partial charge in [0.2, 0.25) is 0 Å². The summed E-state index contributed by atoms with van der Waals surface area (Å²) in [6.45, 7) is 1.73. The van der Waals surface area contributed by atoms with Crippen LogP contribution in [-0.4, -0.2) is 35.8 Å². The highest BCUT2D eigenvalue weighted by molar-refractivity contribution is 6.01. The largest absolute Gasteiger partial charge is 0.361 e. The van der Waals surface area contributed by atoms with Crippen molar-refractivity contribution in [3.63, 3.8) is 0 Å². The molecule has 3 aromatic rings. The van der Waals surface area contributed by atoms with Crippen molar-refractivity contribution in [2.45, 2.75) is 24.9 Å². The van der Waals surface area contributed by atoms with Gasteiger partial charge in [0.15, 0.2) is 5.78 Å². The van der Waals surface area contributed by atoms with Gasteiger partial charge in [-0.2, -0.15) is 0 Å². The van der Waals surface area contributed by atoms with Gasteiger partial charge in [-0.05, 0) is 61.0 Å². The van der Waals surface area contributed by atoms with E-state index in [4.69, 9.17) is 5.73 Å². The topological polar surface area (TPSA) is 100 Å². The van der Waals surface area contributed by atoms with Gasteiger partial charge in [-0.1, -0.05) is 36.4 Å². The highest BCUT2D eigenvalue weighted by Crippen LogP contribution is 2.23. The fraction of sp³-hybridized carbons (Fsp3) is 0.304. The van der Waals surface area contributed by atoms with Gasteiger partial charge in [0.25, 0.3) is 5.91 Å². The van der Waals surface area contributed by atoms with E-state index in [0.29, 0.717) is 5.56 Å². The lowest BCUT2D eigenvalue weighted by molar-refractivity contribution is -0.123. The first-order valence-corrected chi connectivity index (χ1v) is 10.1. The molecular formula is C23H26N4O2. The van der Waals surface area contributed by atoms with Crippen LogP contribution in [0.15, 0.2) is 60.8 Å². The number of carbonyl (C=O) groups excluding carboxylic acids is 2. The minimum atomic E-state index is -0.770. The average molecular weight is 390 g/mol. The van der Waals surface area contributed by atoms with Crippen LogP contribution >= 0.6 is 0 Å². The van der Waals surface area contributed by atoms with E-state index in [1.165, 1.54) is 0 Å². The van der Waals surface area contributed by atoms with Crippen molar-refractivity contribution in [3.8, 4) is 0 Å². The Morgan fingerprint density at radius 1 is 1.03 bits per heavy atom. The molecule has 0 bridgehead atoms. The van der Waals surface area contributed by atoms with E-state index in [-0.39, 0.29) is 17.6 Å². The molecule has 1 unspecified atom stereocenters. The first-order valence-electron chi connectivity index (χ1n) is 10.1. The Kier molecular flexibility index (Phi) is 5.74. The Bertz CT molecular complexity index is 992. The fourth-order valence-electron chi connectivity index (χ4n) is 4.00. The number of carbonyl (C=O) groups is 2. The molecule has 29 heavy (non-hydrogen) atoms. The van der Waals surface area contributed by atoms with Gasteiger partial charge in [0.05, 0.1) is 6.04 Å². The molecule has 5 N–H and O–H groups in total. The third kappa shape index (κ3) is 4.23. The van der Waals surface area contributed by atoms with Crippen LogP contribution in [0.3, 0.4) is 0 Å². The Hall–Kier alpha value is -2.96. The first kappa shape index (κ1) is 19.4. The van der Waals surface area contributed by atoms with Crippen molar-refractivity contribution in [1.82, 2.24) is 15.6 Å². The summed E-state index contributed by atoms with van der Waals surface area (Å²) in [4.78, 5) is 29.4. The monoisotopic (exact) mass is 390 g/mol. The highest BCUT2D eigenvalue weighted by Gasteiger charge is 2.33. The molecule has 2 aromatic carbocycles. The van der Waals surface area contributed by atoms with Crippen LogP contribution in [0.5, 0.6) is 0 Å². The molecule has 0 aliphatic carbocycles. The maximum absolute atomic E-state index is 13.3. The first-order chi connectivity index (χ1) is 14.1. The van der Waals surface area contributed by atoms with Crippen LogP contribution in [-0.2, 0) is 4.79 Å². The van der Waals surface area contributed by atoms with E-state index in [2.05, 4.69) is 15.6 Å². The second-order valence-electron chi connectivity index (χ2n) is 7.61. The molecule has 2 atom stereocenters. The molecule has 0 saturated carbocycles. The summed E-state index contributed by atoms with van der Waals surface area (Å²) in [5, 5.41) is 7.26. The quantitative estimate of drug-likeness (QED) is 0.520. The Morgan fingerprint density at radius 3 is 2.55 bits per heavy atom. The van der Waals surface area contributed by atoms with Gasteiger partial charge in [0, 0.05) is 17.3 Å². The van der Waals surface area contributed by atoms with Crippen molar-refractivity contribution < 1.29 is 9.59 Å². The second kappa shape index (κ2) is 8.59. The van der Waals surface area contributed by atoms with Gasteiger partial charge >= 0.3 is 0 Å². The van der Waals surface area contributed by atoms with Crippen LogP contribution in [0.2, 0.25) is 0 Å². The maximum atomic E-state index is 13.3. The predicted octanol–water partition coefficient (Wildman–Crippen LogP) is 2.54. The number of aromatic amines is 1. The summed E-state index contributed by atoms with van der Waals surface area (Å²) in [6.07, 6.45) is 3.57. The highest BCUT2D eigenvalue weighted by atomic mass is 16.2. The summed E-state index contributed by atoms with van der Waals surface area (Å²) in [6, 6.07) is 15.4. The fourth-order valence-corrected chi connectivity index (χ4v) is 4.00. The third-order valence-corrected chi connectivity index (χ3v) is 5.73. The Morgan fingerprint density at radius 2 is 1.79 bits per heavy atom. The zero-order valence-corrected chi connectivity index (χ0v) is 16.2. The number of hydrogen-bond donors (Lipinski definition) is 4. The summed E-state index contributed by atoms with van der Waals surface area (Å²) < 4.78 is 0. The molecule has 0 radical (unpaired) electrons. The lowest BCUT2D eigenvalue weighted by Gasteiger charge is -2.30. The standard InChI is InChI=1S/C23H26N4O2/c24-20(16-8-11-25-12-9-16)22(28)21(17-4-2-1-3-5-17)27-23(29)18-7-6-15-10-13-26-19(15)14-18/h1-7,10,13-14,16,20-21,25-26H,8-9,11-12,24H2,(H,27,29)/t20?,21-/m1/s1. The molecule has 2 heterocycles. The number of piperidine rings is 1.